The normalized spacial score (nSPS) is 48.9. The van der Waals surface area contributed by atoms with Gasteiger partial charge in [-0.15, -0.1) is 0 Å². The molecular formula is C19H33NO. The van der Waals surface area contributed by atoms with E-state index in [0.717, 1.165) is 24.2 Å². The van der Waals surface area contributed by atoms with E-state index in [1.807, 2.05) is 0 Å². The van der Waals surface area contributed by atoms with Crippen LogP contribution in [0.15, 0.2) is 0 Å². The van der Waals surface area contributed by atoms with Crippen LogP contribution in [0.1, 0.15) is 77.0 Å². The van der Waals surface area contributed by atoms with E-state index in [-0.39, 0.29) is 5.41 Å². The van der Waals surface area contributed by atoms with E-state index < -0.39 is 5.60 Å². The molecule has 4 aliphatic carbocycles. The molecule has 5 atom stereocenters. The molecule has 4 rings (SSSR count). The first-order chi connectivity index (χ1) is 10.2. The summed E-state index contributed by atoms with van der Waals surface area (Å²) in [5.41, 5.74) is 5.95. The number of hydrogen-bond donors (Lipinski definition) is 2. The molecule has 2 nitrogen and oxygen atoms in total. The SMILES string of the molecule is NCC1(C2(O)CC3CC2C2CCCC32)CCCCCCC1. The largest absolute Gasteiger partial charge is 0.389 e. The summed E-state index contributed by atoms with van der Waals surface area (Å²) in [6.07, 6.45) is 15.6. The van der Waals surface area contributed by atoms with Gasteiger partial charge in [0.05, 0.1) is 5.60 Å². The zero-order valence-corrected chi connectivity index (χ0v) is 13.5. The minimum atomic E-state index is -0.421. The standard InChI is InChI=1S/C19H33NO/c20-13-18(9-4-2-1-3-5-10-18)19(21)12-14-11-17(19)16-8-6-7-15(14)16/h14-17,21H,1-13,20H2. The second-order valence-electron chi connectivity index (χ2n) is 8.74. The van der Waals surface area contributed by atoms with E-state index in [1.165, 1.54) is 70.6 Å². The Hall–Kier alpha value is -0.0800. The van der Waals surface area contributed by atoms with Crippen LogP contribution < -0.4 is 5.73 Å². The summed E-state index contributed by atoms with van der Waals surface area (Å²) in [5.74, 6) is 3.20. The maximum atomic E-state index is 11.8. The molecule has 5 unspecified atom stereocenters. The van der Waals surface area contributed by atoms with Gasteiger partial charge in [0.2, 0.25) is 0 Å². The predicted octanol–water partition coefficient (Wildman–Crippen LogP) is 3.86. The first kappa shape index (κ1) is 14.5. The summed E-state index contributed by atoms with van der Waals surface area (Å²) >= 11 is 0. The van der Waals surface area contributed by atoms with Gasteiger partial charge in [-0.2, -0.15) is 0 Å². The Kier molecular flexibility index (Phi) is 3.61. The molecule has 0 saturated heterocycles. The van der Waals surface area contributed by atoms with Gasteiger partial charge in [0.25, 0.3) is 0 Å². The molecule has 4 saturated carbocycles. The van der Waals surface area contributed by atoms with Crippen molar-refractivity contribution in [2.75, 3.05) is 6.54 Å². The molecule has 0 aliphatic heterocycles. The Morgan fingerprint density at radius 1 is 0.905 bits per heavy atom. The molecule has 21 heavy (non-hydrogen) atoms. The molecule has 0 heterocycles. The molecule has 0 radical (unpaired) electrons. The summed E-state index contributed by atoms with van der Waals surface area (Å²) in [6, 6.07) is 0. The van der Waals surface area contributed by atoms with E-state index in [1.54, 1.807) is 0 Å². The molecule has 120 valence electrons. The molecule has 4 aliphatic rings. The van der Waals surface area contributed by atoms with Crippen molar-refractivity contribution in [2.24, 2.45) is 34.8 Å². The topological polar surface area (TPSA) is 46.2 Å². The van der Waals surface area contributed by atoms with Gasteiger partial charge in [-0.25, -0.2) is 0 Å². The minimum Gasteiger partial charge on any atom is -0.389 e. The lowest BCUT2D eigenvalue weighted by atomic mass is 9.56. The van der Waals surface area contributed by atoms with Gasteiger partial charge in [-0.05, 0) is 62.2 Å². The molecular weight excluding hydrogens is 258 g/mol. The Morgan fingerprint density at radius 2 is 1.57 bits per heavy atom. The van der Waals surface area contributed by atoms with E-state index in [0.29, 0.717) is 12.5 Å². The third-order valence-electron chi connectivity index (χ3n) is 8.11. The van der Waals surface area contributed by atoms with E-state index in [4.69, 9.17) is 5.73 Å². The maximum Gasteiger partial charge on any atom is 0.0749 e. The Balaban J connectivity index is 1.63. The summed E-state index contributed by atoms with van der Waals surface area (Å²) in [5, 5.41) is 11.8. The van der Waals surface area contributed by atoms with Gasteiger partial charge in [-0.1, -0.05) is 38.5 Å². The van der Waals surface area contributed by atoms with Gasteiger partial charge in [-0.3, -0.25) is 0 Å². The lowest BCUT2D eigenvalue weighted by Gasteiger charge is -2.53. The van der Waals surface area contributed by atoms with Gasteiger partial charge in [0, 0.05) is 12.0 Å². The van der Waals surface area contributed by atoms with Gasteiger partial charge < -0.3 is 10.8 Å². The van der Waals surface area contributed by atoms with E-state index >= 15 is 0 Å². The zero-order valence-electron chi connectivity index (χ0n) is 13.5. The van der Waals surface area contributed by atoms with Crippen molar-refractivity contribution < 1.29 is 5.11 Å². The van der Waals surface area contributed by atoms with Crippen LogP contribution in [0.3, 0.4) is 0 Å². The number of hydrogen-bond acceptors (Lipinski definition) is 2. The molecule has 3 N–H and O–H groups in total. The molecule has 0 aromatic carbocycles. The number of aliphatic hydroxyl groups is 1. The maximum absolute atomic E-state index is 11.8. The quantitative estimate of drug-likeness (QED) is 0.811. The van der Waals surface area contributed by atoms with Crippen LogP contribution in [-0.2, 0) is 0 Å². The van der Waals surface area contributed by atoms with E-state index in [2.05, 4.69) is 0 Å². The Bertz CT molecular complexity index is 387. The second-order valence-corrected chi connectivity index (χ2v) is 8.74. The second kappa shape index (κ2) is 5.23. The zero-order chi connectivity index (χ0) is 14.5. The van der Waals surface area contributed by atoms with Gasteiger partial charge in [0.15, 0.2) is 0 Å². The number of nitrogens with two attached hydrogens (primary N) is 1. The fourth-order valence-electron chi connectivity index (χ4n) is 7.12. The van der Waals surface area contributed by atoms with Crippen molar-refractivity contribution in [3.05, 3.63) is 0 Å². The van der Waals surface area contributed by atoms with Crippen LogP contribution in [0.5, 0.6) is 0 Å². The third kappa shape index (κ3) is 1.97. The summed E-state index contributed by atoms with van der Waals surface area (Å²) < 4.78 is 0. The molecule has 4 fully saturated rings. The first-order valence-electron chi connectivity index (χ1n) is 9.63. The van der Waals surface area contributed by atoms with Crippen LogP contribution in [0.25, 0.3) is 0 Å². The van der Waals surface area contributed by atoms with Crippen molar-refractivity contribution in [1.82, 2.24) is 0 Å². The molecule has 2 heteroatoms. The summed E-state index contributed by atoms with van der Waals surface area (Å²) in [6.45, 7) is 0.712. The third-order valence-corrected chi connectivity index (χ3v) is 8.11. The predicted molar refractivity (Wildman–Crippen MR) is 85.8 cm³/mol. The van der Waals surface area contributed by atoms with Crippen LogP contribution in [0, 0.1) is 29.1 Å². The van der Waals surface area contributed by atoms with Crippen LogP contribution in [0.4, 0.5) is 0 Å². The van der Waals surface area contributed by atoms with Gasteiger partial charge in [0.1, 0.15) is 0 Å². The van der Waals surface area contributed by atoms with Crippen LogP contribution in [0.2, 0.25) is 0 Å². The lowest BCUT2D eigenvalue weighted by molar-refractivity contribution is -0.149. The summed E-state index contributed by atoms with van der Waals surface area (Å²) in [7, 11) is 0. The highest BCUT2D eigenvalue weighted by atomic mass is 16.3. The smallest absolute Gasteiger partial charge is 0.0749 e. The van der Waals surface area contributed by atoms with Crippen molar-refractivity contribution in [3.63, 3.8) is 0 Å². The minimum absolute atomic E-state index is 0.0421. The molecule has 0 amide bonds. The van der Waals surface area contributed by atoms with Crippen molar-refractivity contribution >= 4 is 0 Å². The van der Waals surface area contributed by atoms with Gasteiger partial charge >= 0.3 is 0 Å². The molecule has 2 bridgehead atoms. The Labute approximate surface area is 129 Å². The summed E-state index contributed by atoms with van der Waals surface area (Å²) in [4.78, 5) is 0. The number of rotatable bonds is 2. The lowest BCUT2D eigenvalue weighted by Crippen LogP contribution is -2.58. The molecule has 0 aromatic heterocycles. The average molecular weight is 291 g/mol. The number of fused-ring (bicyclic) bond motifs is 5. The molecule has 0 aromatic rings. The average Bonchev–Trinajstić information content (AvgIpc) is 3.10. The van der Waals surface area contributed by atoms with Crippen molar-refractivity contribution in [3.8, 4) is 0 Å². The highest BCUT2D eigenvalue weighted by molar-refractivity contribution is 5.16. The fourth-order valence-corrected chi connectivity index (χ4v) is 7.12. The highest BCUT2D eigenvalue weighted by Crippen LogP contribution is 2.67. The van der Waals surface area contributed by atoms with Crippen LogP contribution >= 0.6 is 0 Å². The monoisotopic (exact) mass is 291 g/mol. The van der Waals surface area contributed by atoms with Crippen LogP contribution in [-0.4, -0.2) is 17.3 Å². The van der Waals surface area contributed by atoms with Crippen molar-refractivity contribution in [1.29, 1.82) is 0 Å². The fraction of sp³-hybridized carbons (Fsp3) is 1.00. The first-order valence-corrected chi connectivity index (χ1v) is 9.63. The Morgan fingerprint density at radius 3 is 2.29 bits per heavy atom. The van der Waals surface area contributed by atoms with Crippen molar-refractivity contribution in [2.45, 2.75) is 82.7 Å². The molecule has 0 spiro atoms. The highest BCUT2D eigenvalue weighted by Gasteiger charge is 2.66. The van der Waals surface area contributed by atoms with E-state index in [9.17, 15) is 5.11 Å².